The summed E-state index contributed by atoms with van der Waals surface area (Å²) in [6.45, 7) is 7.48. The highest BCUT2D eigenvalue weighted by atomic mass is 32.2. The average molecular weight is 311 g/mol. The number of anilines is 1. The van der Waals surface area contributed by atoms with Crippen LogP contribution in [0.25, 0.3) is 0 Å². The van der Waals surface area contributed by atoms with Crippen LogP contribution in [-0.4, -0.2) is 37.8 Å². The lowest BCUT2D eigenvalue weighted by Gasteiger charge is -2.32. The summed E-state index contributed by atoms with van der Waals surface area (Å²) in [5.74, 6) is -0.278. The van der Waals surface area contributed by atoms with Crippen molar-refractivity contribution in [2.45, 2.75) is 38.6 Å². The molecule has 0 bridgehead atoms. The van der Waals surface area contributed by atoms with Crippen molar-refractivity contribution in [1.29, 1.82) is 0 Å². The second-order valence-corrected chi connectivity index (χ2v) is 7.29. The maximum absolute atomic E-state index is 12.9. The molecule has 1 aromatic carbocycles. The number of amides is 1. The number of nitrogens with zero attached hydrogens (tertiary/aromatic N) is 1. The van der Waals surface area contributed by atoms with E-state index < -0.39 is 16.1 Å². The Morgan fingerprint density at radius 2 is 1.90 bits per heavy atom. The summed E-state index contributed by atoms with van der Waals surface area (Å²) in [5, 5.41) is 2.67. The molecule has 0 spiro atoms. The molecule has 1 unspecified atom stereocenters. The van der Waals surface area contributed by atoms with Gasteiger partial charge in [0.05, 0.1) is 4.90 Å². The van der Waals surface area contributed by atoms with Crippen molar-refractivity contribution in [3.8, 4) is 0 Å². The summed E-state index contributed by atoms with van der Waals surface area (Å²) < 4.78 is 27.1. The summed E-state index contributed by atoms with van der Waals surface area (Å²) in [6.07, 6.45) is 0. The Hall–Kier alpha value is -1.60. The van der Waals surface area contributed by atoms with Crippen LogP contribution in [0.1, 0.15) is 23.6 Å². The molecule has 1 heterocycles. The van der Waals surface area contributed by atoms with Crippen LogP contribution in [-0.2, 0) is 14.8 Å². The molecule has 0 radical (unpaired) electrons. The van der Waals surface area contributed by atoms with Crippen molar-refractivity contribution in [3.63, 3.8) is 0 Å². The average Bonchev–Trinajstić information content (AvgIpc) is 2.38. The molecule has 0 saturated carbocycles. The molecule has 1 fully saturated rings. The zero-order chi connectivity index (χ0) is 15.9. The first-order valence-corrected chi connectivity index (χ1v) is 8.27. The van der Waals surface area contributed by atoms with Gasteiger partial charge in [-0.25, -0.2) is 8.42 Å². The van der Waals surface area contributed by atoms with Crippen LogP contribution in [0.5, 0.6) is 0 Å². The van der Waals surface area contributed by atoms with Gasteiger partial charge in [0.25, 0.3) is 0 Å². The van der Waals surface area contributed by atoms with Gasteiger partial charge >= 0.3 is 0 Å². The van der Waals surface area contributed by atoms with Crippen LogP contribution in [0.3, 0.4) is 0 Å². The zero-order valence-corrected chi connectivity index (χ0v) is 13.5. The number of nitrogens with one attached hydrogen (secondary N) is 1. The Labute approximate surface area is 125 Å². The smallest absolute Gasteiger partial charge is 0.244 e. The van der Waals surface area contributed by atoms with Crippen molar-refractivity contribution in [2.24, 2.45) is 0 Å². The van der Waals surface area contributed by atoms with Crippen LogP contribution >= 0.6 is 0 Å². The van der Waals surface area contributed by atoms with E-state index in [1.54, 1.807) is 26.8 Å². The van der Waals surface area contributed by atoms with Gasteiger partial charge < -0.3 is 11.1 Å². The fourth-order valence-electron chi connectivity index (χ4n) is 2.79. The zero-order valence-electron chi connectivity index (χ0n) is 12.7. The Morgan fingerprint density at radius 3 is 2.52 bits per heavy atom. The summed E-state index contributed by atoms with van der Waals surface area (Å²) in [6, 6.07) is 1.05. The van der Waals surface area contributed by atoms with Crippen molar-refractivity contribution < 1.29 is 13.2 Å². The molecule has 21 heavy (non-hydrogen) atoms. The van der Waals surface area contributed by atoms with E-state index in [2.05, 4.69) is 5.32 Å². The minimum absolute atomic E-state index is 0.215. The number of sulfonamides is 1. The van der Waals surface area contributed by atoms with Crippen LogP contribution in [0.15, 0.2) is 11.0 Å². The van der Waals surface area contributed by atoms with E-state index in [1.165, 1.54) is 4.31 Å². The monoisotopic (exact) mass is 311 g/mol. The van der Waals surface area contributed by atoms with Crippen molar-refractivity contribution in [2.75, 3.05) is 18.8 Å². The number of carbonyl (C=O) groups excluding carboxylic acids is 1. The molecule has 0 aromatic heterocycles. The standard InChI is InChI=1S/C14H21N3O3S/c1-8-7-9(2)13(10(3)12(8)15)21(19,20)17-6-5-16-14(18)11(17)4/h7,11H,5-6,15H2,1-4H3,(H,16,18). The molecule has 6 nitrogen and oxygen atoms in total. The summed E-state index contributed by atoms with van der Waals surface area (Å²) in [7, 11) is -3.75. The quantitative estimate of drug-likeness (QED) is 0.787. The molecule has 1 aliphatic heterocycles. The highest BCUT2D eigenvalue weighted by molar-refractivity contribution is 7.89. The summed E-state index contributed by atoms with van der Waals surface area (Å²) in [4.78, 5) is 11.9. The topological polar surface area (TPSA) is 92.5 Å². The van der Waals surface area contributed by atoms with Gasteiger partial charge in [-0.1, -0.05) is 6.07 Å². The molecule has 1 aliphatic rings. The lowest BCUT2D eigenvalue weighted by atomic mass is 10.1. The first-order valence-electron chi connectivity index (χ1n) is 6.83. The lowest BCUT2D eigenvalue weighted by molar-refractivity contribution is -0.126. The predicted octanol–water partition coefficient (Wildman–Crippen LogP) is 0.703. The third-order valence-corrected chi connectivity index (χ3v) is 6.23. The van der Waals surface area contributed by atoms with E-state index in [9.17, 15) is 13.2 Å². The maximum Gasteiger partial charge on any atom is 0.244 e. The number of benzene rings is 1. The normalized spacial score (nSPS) is 20.4. The van der Waals surface area contributed by atoms with Gasteiger partial charge in [-0.05, 0) is 44.4 Å². The fraction of sp³-hybridized carbons (Fsp3) is 0.500. The molecule has 1 aromatic rings. The molecule has 7 heteroatoms. The maximum atomic E-state index is 12.9. The highest BCUT2D eigenvalue weighted by Gasteiger charge is 2.37. The van der Waals surface area contributed by atoms with Crippen LogP contribution < -0.4 is 11.1 Å². The van der Waals surface area contributed by atoms with Crippen molar-refractivity contribution >= 4 is 21.6 Å². The predicted molar refractivity (Wildman–Crippen MR) is 81.4 cm³/mol. The van der Waals surface area contributed by atoms with Crippen LogP contribution in [0, 0.1) is 20.8 Å². The molecule has 1 saturated heterocycles. The van der Waals surface area contributed by atoms with E-state index in [-0.39, 0.29) is 17.3 Å². The van der Waals surface area contributed by atoms with Gasteiger partial charge in [0.15, 0.2) is 0 Å². The van der Waals surface area contributed by atoms with Crippen LogP contribution in [0.2, 0.25) is 0 Å². The van der Waals surface area contributed by atoms with Gasteiger partial charge in [-0.2, -0.15) is 4.31 Å². The molecule has 0 aliphatic carbocycles. The summed E-state index contributed by atoms with van der Waals surface area (Å²) in [5.41, 5.74) is 8.51. The molecule has 116 valence electrons. The SMILES string of the molecule is Cc1cc(C)c(S(=O)(=O)N2CCNC(=O)C2C)c(C)c1N. The molecular weight excluding hydrogens is 290 g/mol. The van der Waals surface area contributed by atoms with Crippen LogP contribution in [0.4, 0.5) is 5.69 Å². The fourth-order valence-corrected chi connectivity index (χ4v) is 4.83. The van der Waals surface area contributed by atoms with E-state index in [0.29, 0.717) is 23.4 Å². The number of nitrogen functional groups attached to an aromatic ring is 1. The van der Waals surface area contributed by atoms with E-state index in [0.717, 1.165) is 5.56 Å². The molecule has 1 amide bonds. The number of nitrogens with two attached hydrogens (primary N) is 1. The van der Waals surface area contributed by atoms with Crippen molar-refractivity contribution in [3.05, 3.63) is 22.8 Å². The Balaban J connectivity index is 2.60. The van der Waals surface area contributed by atoms with E-state index in [1.807, 2.05) is 6.92 Å². The number of hydrogen-bond acceptors (Lipinski definition) is 4. The third kappa shape index (κ3) is 2.51. The minimum Gasteiger partial charge on any atom is -0.398 e. The molecule has 1 atom stereocenters. The van der Waals surface area contributed by atoms with Gasteiger partial charge in [-0.15, -0.1) is 0 Å². The van der Waals surface area contributed by atoms with Gasteiger partial charge in [0.1, 0.15) is 6.04 Å². The number of rotatable bonds is 2. The largest absolute Gasteiger partial charge is 0.398 e. The molecule has 2 rings (SSSR count). The Bertz CT molecular complexity index is 698. The first-order chi connectivity index (χ1) is 9.67. The van der Waals surface area contributed by atoms with E-state index in [4.69, 9.17) is 5.73 Å². The Morgan fingerprint density at radius 1 is 1.29 bits per heavy atom. The minimum atomic E-state index is -3.75. The van der Waals surface area contributed by atoms with E-state index >= 15 is 0 Å². The van der Waals surface area contributed by atoms with Crippen molar-refractivity contribution in [1.82, 2.24) is 9.62 Å². The second-order valence-electron chi connectivity index (χ2n) is 5.46. The molecule has 3 N–H and O–H groups in total. The first kappa shape index (κ1) is 15.8. The third-order valence-electron chi connectivity index (χ3n) is 3.97. The lowest BCUT2D eigenvalue weighted by Crippen LogP contribution is -2.55. The number of hydrogen-bond donors (Lipinski definition) is 2. The second kappa shape index (κ2) is 5.31. The summed E-state index contributed by atoms with van der Waals surface area (Å²) >= 11 is 0. The number of aryl methyl sites for hydroxylation is 2. The Kier molecular flexibility index (Phi) is 3.99. The highest BCUT2D eigenvalue weighted by Crippen LogP contribution is 2.31. The van der Waals surface area contributed by atoms with Gasteiger partial charge in [-0.3, -0.25) is 4.79 Å². The molecular formula is C14H21N3O3S. The van der Waals surface area contributed by atoms with Gasteiger partial charge in [0.2, 0.25) is 15.9 Å². The number of piperazine rings is 1. The number of carbonyl (C=O) groups is 1. The van der Waals surface area contributed by atoms with Gasteiger partial charge in [0, 0.05) is 18.8 Å².